The van der Waals surface area contributed by atoms with Crippen molar-refractivity contribution in [2.75, 3.05) is 6.61 Å². The molecule has 0 spiro atoms. The molecule has 8 heteroatoms. The first kappa shape index (κ1) is 27.7. The lowest BCUT2D eigenvalue weighted by molar-refractivity contribution is -0.131. The van der Waals surface area contributed by atoms with Gasteiger partial charge in [-0.05, 0) is 42.0 Å². The highest BCUT2D eigenvalue weighted by atomic mass is 16.5. The van der Waals surface area contributed by atoms with Crippen molar-refractivity contribution in [1.29, 1.82) is 0 Å². The maximum Gasteiger partial charge on any atom is 0.408 e. The number of benzene rings is 2. The van der Waals surface area contributed by atoms with Crippen molar-refractivity contribution in [2.45, 2.75) is 52.0 Å². The van der Waals surface area contributed by atoms with Gasteiger partial charge >= 0.3 is 6.09 Å². The third-order valence-corrected chi connectivity index (χ3v) is 5.58. The molecule has 37 heavy (non-hydrogen) atoms. The van der Waals surface area contributed by atoms with Crippen molar-refractivity contribution >= 4 is 17.8 Å². The number of ketones is 1. The highest BCUT2D eigenvalue weighted by Gasteiger charge is 2.28. The zero-order valence-corrected chi connectivity index (χ0v) is 21.2. The minimum atomic E-state index is -0.863. The fourth-order valence-electron chi connectivity index (χ4n) is 3.72. The molecule has 2 aromatic carbocycles. The summed E-state index contributed by atoms with van der Waals surface area (Å²) in [5, 5.41) is 5.49. The maximum absolute atomic E-state index is 13.3. The second kappa shape index (κ2) is 14.6. The van der Waals surface area contributed by atoms with Gasteiger partial charge in [0.05, 0.1) is 12.3 Å². The third kappa shape index (κ3) is 9.93. The van der Waals surface area contributed by atoms with Gasteiger partial charge in [0.1, 0.15) is 31.6 Å². The summed E-state index contributed by atoms with van der Waals surface area (Å²) in [6.45, 7) is 3.94. The minimum absolute atomic E-state index is 0.0881. The predicted molar refractivity (Wildman–Crippen MR) is 138 cm³/mol. The summed E-state index contributed by atoms with van der Waals surface area (Å²) in [5.41, 5.74) is 1.73. The largest absolute Gasteiger partial charge is 0.467 e. The Labute approximate surface area is 217 Å². The van der Waals surface area contributed by atoms with Gasteiger partial charge in [-0.15, -0.1) is 0 Å². The van der Waals surface area contributed by atoms with Gasteiger partial charge in [-0.3, -0.25) is 9.59 Å². The van der Waals surface area contributed by atoms with Crippen LogP contribution in [0.25, 0.3) is 0 Å². The van der Waals surface area contributed by atoms with Crippen LogP contribution in [-0.2, 0) is 38.7 Å². The molecule has 8 nitrogen and oxygen atoms in total. The van der Waals surface area contributed by atoms with Crippen LogP contribution in [0.3, 0.4) is 0 Å². The fourth-order valence-corrected chi connectivity index (χ4v) is 3.72. The van der Waals surface area contributed by atoms with Crippen LogP contribution in [0.1, 0.15) is 37.2 Å². The summed E-state index contributed by atoms with van der Waals surface area (Å²) in [4.78, 5) is 38.8. The van der Waals surface area contributed by atoms with Crippen molar-refractivity contribution in [2.24, 2.45) is 5.92 Å². The standard InChI is InChI=1S/C29H34N2O6/c1-21(2)16-26(31-29(34)37-18-23-12-7-4-8-13-23)28(33)30-25(17-22-10-5-3-6-11-22)27(32)20-35-19-24-14-9-15-36-24/h3-15,21,25-26H,16-20H2,1-2H3,(H,30,33)(H,31,34)/t25-,26-/m0/s1. The number of nitrogens with one attached hydrogen (secondary N) is 2. The Morgan fingerprint density at radius 3 is 2.11 bits per heavy atom. The van der Waals surface area contributed by atoms with Gasteiger partial charge in [-0.2, -0.15) is 0 Å². The lowest BCUT2D eigenvalue weighted by Crippen LogP contribution is -2.53. The summed E-state index contributed by atoms with van der Waals surface area (Å²) < 4.78 is 16.1. The van der Waals surface area contributed by atoms with Crippen LogP contribution in [0.15, 0.2) is 83.5 Å². The van der Waals surface area contributed by atoms with Crippen LogP contribution in [-0.4, -0.2) is 36.5 Å². The van der Waals surface area contributed by atoms with Gasteiger partial charge in [0.2, 0.25) is 5.91 Å². The fraction of sp³-hybridized carbons (Fsp3) is 0.345. The first-order valence-corrected chi connectivity index (χ1v) is 12.3. The van der Waals surface area contributed by atoms with Gasteiger partial charge in [-0.1, -0.05) is 74.5 Å². The molecule has 0 saturated carbocycles. The number of hydrogen-bond donors (Lipinski definition) is 2. The Hall–Kier alpha value is -3.91. The van der Waals surface area contributed by atoms with E-state index >= 15 is 0 Å². The molecule has 0 saturated heterocycles. The van der Waals surface area contributed by atoms with Crippen molar-refractivity contribution in [3.05, 3.63) is 95.9 Å². The summed E-state index contributed by atoms with van der Waals surface area (Å²) in [7, 11) is 0. The molecule has 1 aromatic heterocycles. The van der Waals surface area contributed by atoms with E-state index < -0.39 is 24.1 Å². The summed E-state index contributed by atoms with van der Waals surface area (Å²) in [5.74, 6) is -0.0129. The highest BCUT2D eigenvalue weighted by Crippen LogP contribution is 2.10. The molecular formula is C29H34N2O6. The average Bonchev–Trinajstić information content (AvgIpc) is 3.41. The van der Waals surface area contributed by atoms with Crippen LogP contribution >= 0.6 is 0 Å². The van der Waals surface area contributed by atoms with E-state index in [1.165, 1.54) is 6.26 Å². The van der Waals surface area contributed by atoms with Crippen LogP contribution in [0.2, 0.25) is 0 Å². The SMILES string of the molecule is CC(C)C[C@H](NC(=O)OCc1ccccc1)C(=O)N[C@@H](Cc1ccccc1)C(=O)COCc1ccco1. The lowest BCUT2D eigenvalue weighted by atomic mass is 10.00. The Morgan fingerprint density at radius 1 is 0.811 bits per heavy atom. The van der Waals surface area contributed by atoms with Crippen molar-refractivity contribution in [1.82, 2.24) is 10.6 Å². The Balaban J connectivity index is 1.63. The number of Topliss-reactive ketones (excluding diaryl/α,β-unsaturated/α-hetero) is 1. The zero-order chi connectivity index (χ0) is 26.5. The molecular weight excluding hydrogens is 472 g/mol. The number of hydrogen-bond acceptors (Lipinski definition) is 6. The van der Waals surface area contributed by atoms with Gasteiger partial charge < -0.3 is 24.5 Å². The van der Waals surface area contributed by atoms with E-state index in [2.05, 4.69) is 10.6 Å². The number of alkyl carbamates (subject to hydrolysis) is 1. The molecule has 2 amide bonds. The summed E-state index contributed by atoms with van der Waals surface area (Å²) >= 11 is 0. The van der Waals surface area contributed by atoms with Crippen molar-refractivity contribution < 1.29 is 28.3 Å². The van der Waals surface area contributed by atoms with E-state index in [0.29, 0.717) is 18.6 Å². The molecule has 0 aliphatic carbocycles. The van der Waals surface area contributed by atoms with E-state index in [0.717, 1.165) is 11.1 Å². The molecule has 0 unspecified atom stereocenters. The smallest absolute Gasteiger partial charge is 0.408 e. The van der Waals surface area contributed by atoms with E-state index in [4.69, 9.17) is 13.9 Å². The monoisotopic (exact) mass is 506 g/mol. The molecule has 3 rings (SSSR count). The van der Waals surface area contributed by atoms with Gasteiger partial charge in [0, 0.05) is 0 Å². The number of ether oxygens (including phenoxy) is 2. The number of amides is 2. The topological polar surface area (TPSA) is 107 Å². The number of carbonyl (C=O) groups excluding carboxylic acids is 3. The first-order valence-electron chi connectivity index (χ1n) is 12.3. The third-order valence-electron chi connectivity index (χ3n) is 5.58. The van der Waals surface area contributed by atoms with Crippen molar-refractivity contribution in [3.8, 4) is 0 Å². The average molecular weight is 507 g/mol. The van der Waals surface area contributed by atoms with Gasteiger partial charge in [0.15, 0.2) is 5.78 Å². The molecule has 0 radical (unpaired) electrons. The van der Waals surface area contributed by atoms with E-state index in [-0.39, 0.29) is 31.5 Å². The van der Waals surface area contributed by atoms with Crippen LogP contribution < -0.4 is 10.6 Å². The second-order valence-electron chi connectivity index (χ2n) is 9.18. The predicted octanol–water partition coefficient (Wildman–Crippen LogP) is 4.43. The Bertz CT molecular complexity index is 1100. The molecule has 0 aliphatic heterocycles. The van der Waals surface area contributed by atoms with Crippen LogP contribution in [0.5, 0.6) is 0 Å². The quantitative estimate of drug-likeness (QED) is 0.335. The Kier molecular flexibility index (Phi) is 10.9. The van der Waals surface area contributed by atoms with Crippen LogP contribution in [0, 0.1) is 5.92 Å². The molecule has 2 N–H and O–H groups in total. The molecule has 0 fully saturated rings. The summed E-state index contributed by atoms with van der Waals surface area (Å²) in [6, 6.07) is 20.5. The maximum atomic E-state index is 13.3. The van der Waals surface area contributed by atoms with Crippen LogP contribution in [0.4, 0.5) is 4.79 Å². The lowest BCUT2D eigenvalue weighted by Gasteiger charge is -2.24. The molecule has 0 aliphatic rings. The Morgan fingerprint density at radius 2 is 1.49 bits per heavy atom. The molecule has 1 heterocycles. The summed E-state index contributed by atoms with van der Waals surface area (Å²) in [6.07, 6.45) is 1.51. The van der Waals surface area contributed by atoms with E-state index in [1.807, 2.05) is 74.5 Å². The molecule has 2 atom stereocenters. The molecule has 196 valence electrons. The normalized spacial score (nSPS) is 12.5. The van der Waals surface area contributed by atoms with E-state index in [1.54, 1.807) is 12.1 Å². The number of furan rings is 1. The number of rotatable bonds is 14. The van der Waals surface area contributed by atoms with Gasteiger partial charge in [0.25, 0.3) is 0 Å². The van der Waals surface area contributed by atoms with E-state index in [9.17, 15) is 14.4 Å². The van der Waals surface area contributed by atoms with Gasteiger partial charge in [-0.25, -0.2) is 4.79 Å². The first-order chi connectivity index (χ1) is 17.9. The molecule has 0 bridgehead atoms. The second-order valence-corrected chi connectivity index (χ2v) is 9.18. The minimum Gasteiger partial charge on any atom is -0.467 e. The van der Waals surface area contributed by atoms with Crippen molar-refractivity contribution in [3.63, 3.8) is 0 Å². The zero-order valence-electron chi connectivity index (χ0n) is 21.2. The number of carbonyl (C=O) groups is 3. The molecule has 3 aromatic rings. The highest BCUT2D eigenvalue weighted by molar-refractivity contribution is 5.92.